The van der Waals surface area contributed by atoms with Gasteiger partial charge in [-0.3, -0.25) is 0 Å². The second-order valence-electron chi connectivity index (χ2n) is 5.22. The van der Waals surface area contributed by atoms with E-state index >= 15 is 0 Å². The molecule has 2 aromatic rings. The van der Waals surface area contributed by atoms with Gasteiger partial charge in [-0.05, 0) is 43.7 Å². The van der Waals surface area contributed by atoms with Crippen molar-refractivity contribution >= 4 is 28.8 Å². The van der Waals surface area contributed by atoms with Crippen molar-refractivity contribution in [3.8, 4) is 0 Å². The highest BCUT2D eigenvalue weighted by molar-refractivity contribution is 7.99. The molecule has 1 aromatic carbocycles. The molecule has 0 spiro atoms. The van der Waals surface area contributed by atoms with Crippen LogP contribution in [0.25, 0.3) is 11.0 Å². The standard InChI is InChI=1S/C14H17N3O2S/c1-20-11-4-2-3-10(8-11)17-13-6-5-9(14(18)19)7-12(13)15-16-17/h5-7,10-11H,2-4,8H2,1H3,(H,18,19). The Kier molecular flexibility index (Phi) is 3.65. The van der Waals surface area contributed by atoms with Gasteiger partial charge in [0.25, 0.3) is 0 Å². The van der Waals surface area contributed by atoms with Crippen molar-refractivity contribution in [1.82, 2.24) is 15.0 Å². The lowest BCUT2D eigenvalue weighted by atomic mass is 9.95. The largest absolute Gasteiger partial charge is 0.478 e. The first-order chi connectivity index (χ1) is 9.69. The smallest absolute Gasteiger partial charge is 0.335 e. The Morgan fingerprint density at radius 2 is 2.30 bits per heavy atom. The van der Waals surface area contributed by atoms with Crippen molar-refractivity contribution < 1.29 is 9.90 Å². The summed E-state index contributed by atoms with van der Waals surface area (Å²) in [5.41, 5.74) is 1.85. The summed E-state index contributed by atoms with van der Waals surface area (Å²) in [6, 6.07) is 5.42. The number of aromatic carboxylic acids is 1. The van der Waals surface area contributed by atoms with Gasteiger partial charge in [-0.15, -0.1) is 5.10 Å². The van der Waals surface area contributed by atoms with Crippen LogP contribution in [0.2, 0.25) is 0 Å². The summed E-state index contributed by atoms with van der Waals surface area (Å²) in [5.74, 6) is -0.929. The van der Waals surface area contributed by atoms with E-state index in [4.69, 9.17) is 5.11 Å². The molecule has 1 aromatic heterocycles. The third kappa shape index (κ3) is 2.40. The van der Waals surface area contributed by atoms with Crippen LogP contribution in [-0.2, 0) is 0 Å². The van der Waals surface area contributed by atoms with Gasteiger partial charge in [0.1, 0.15) is 5.52 Å². The van der Waals surface area contributed by atoms with Crippen molar-refractivity contribution in [1.29, 1.82) is 0 Å². The number of carboxylic acids is 1. The summed E-state index contributed by atoms with van der Waals surface area (Å²) in [6.45, 7) is 0. The Bertz CT molecular complexity index is 640. The molecule has 0 aliphatic heterocycles. The summed E-state index contributed by atoms with van der Waals surface area (Å²) < 4.78 is 1.98. The van der Waals surface area contributed by atoms with Gasteiger partial charge < -0.3 is 5.11 Å². The number of carboxylic acid groups (broad SMARTS) is 1. The zero-order valence-electron chi connectivity index (χ0n) is 11.3. The number of thioether (sulfide) groups is 1. The van der Waals surface area contributed by atoms with E-state index in [0.29, 0.717) is 16.8 Å². The number of fused-ring (bicyclic) bond motifs is 1. The first kappa shape index (κ1) is 13.4. The Balaban J connectivity index is 1.94. The molecule has 1 saturated carbocycles. The van der Waals surface area contributed by atoms with Gasteiger partial charge in [0.05, 0.1) is 17.1 Å². The molecule has 5 nitrogen and oxygen atoms in total. The van der Waals surface area contributed by atoms with E-state index in [1.807, 2.05) is 22.5 Å². The molecule has 1 aliphatic rings. The predicted molar refractivity (Wildman–Crippen MR) is 79.3 cm³/mol. The highest BCUT2D eigenvalue weighted by Crippen LogP contribution is 2.35. The third-order valence-electron chi connectivity index (χ3n) is 4.00. The topological polar surface area (TPSA) is 68.0 Å². The van der Waals surface area contributed by atoms with Gasteiger partial charge in [0.2, 0.25) is 0 Å². The molecule has 20 heavy (non-hydrogen) atoms. The summed E-state index contributed by atoms with van der Waals surface area (Å²) in [6.07, 6.45) is 6.88. The van der Waals surface area contributed by atoms with Crippen LogP contribution in [0.15, 0.2) is 18.2 Å². The lowest BCUT2D eigenvalue weighted by molar-refractivity contribution is 0.0697. The first-order valence-corrected chi connectivity index (χ1v) is 8.09. The van der Waals surface area contributed by atoms with Crippen LogP contribution in [0.3, 0.4) is 0 Å². The summed E-state index contributed by atoms with van der Waals surface area (Å²) >= 11 is 1.92. The van der Waals surface area contributed by atoms with Gasteiger partial charge in [0.15, 0.2) is 0 Å². The lowest BCUT2D eigenvalue weighted by Crippen LogP contribution is -2.21. The Hall–Kier alpha value is -1.56. The number of carbonyl (C=O) groups is 1. The molecule has 1 aliphatic carbocycles. The van der Waals surface area contributed by atoms with Gasteiger partial charge in [-0.1, -0.05) is 11.6 Å². The molecule has 0 amide bonds. The molecule has 1 fully saturated rings. The van der Waals surface area contributed by atoms with Gasteiger partial charge >= 0.3 is 5.97 Å². The zero-order chi connectivity index (χ0) is 14.1. The number of hydrogen-bond donors (Lipinski definition) is 1. The number of aromatic nitrogens is 3. The van der Waals surface area contributed by atoms with E-state index < -0.39 is 5.97 Å². The average Bonchev–Trinajstić information content (AvgIpc) is 2.90. The molecule has 0 bridgehead atoms. The fourth-order valence-electron chi connectivity index (χ4n) is 2.90. The van der Waals surface area contributed by atoms with Crippen molar-refractivity contribution in [3.05, 3.63) is 23.8 Å². The van der Waals surface area contributed by atoms with Gasteiger partial charge in [-0.2, -0.15) is 11.8 Å². The fourth-order valence-corrected chi connectivity index (χ4v) is 3.72. The highest BCUT2D eigenvalue weighted by Gasteiger charge is 2.24. The maximum atomic E-state index is 11.0. The van der Waals surface area contributed by atoms with Crippen molar-refractivity contribution in [3.63, 3.8) is 0 Å². The molecule has 1 N–H and O–H groups in total. The van der Waals surface area contributed by atoms with E-state index in [1.54, 1.807) is 12.1 Å². The van der Waals surface area contributed by atoms with Gasteiger partial charge in [0, 0.05) is 5.25 Å². The molecule has 2 atom stereocenters. The molecule has 106 valence electrons. The van der Waals surface area contributed by atoms with Crippen LogP contribution in [0.1, 0.15) is 42.1 Å². The van der Waals surface area contributed by atoms with E-state index in [1.165, 1.54) is 12.8 Å². The van der Waals surface area contributed by atoms with E-state index in [-0.39, 0.29) is 5.56 Å². The quantitative estimate of drug-likeness (QED) is 0.941. The van der Waals surface area contributed by atoms with Crippen molar-refractivity contribution in [2.24, 2.45) is 0 Å². The summed E-state index contributed by atoms with van der Waals surface area (Å²) in [7, 11) is 0. The first-order valence-electron chi connectivity index (χ1n) is 6.80. The SMILES string of the molecule is CSC1CCCC(n2nnc3cc(C(=O)O)ccc32)C1. The monoisotopic (exact) mass is 291 g/mol. The van der Waals surface area contributed by atoms with Crippen LogP contribution < -0.4 is 0 Å². The number of rotatable bonds is 3. The maximum absolute atomic E-state index is 11.0. The molecule has 6 heteroatoms. The van der Waals surface area contributed by atoms with E-state index in [0.717, 1.165) is 18.4 Å². The minimum absolute atomic E-state index is 0.259. The van der Waals surface area contributed by atoms with Crippen LogP contribution in [0.4, 0.5) is 0 Å². The fraction of sp³-hybridized carbons (Fsp3) is 0.500. The van der Waals surface area contributed by atoms with Crippen LogP contribution in [0, 0.1) is 0 Å². The molecule has 0 saturated heterocycles. The van der Waals surface area contributed by atoms with E-state index in [2.05, 4.69) is 16.6 Å². The number of hydrogen-bond acceptors (Lipinski definition) is 4. The maximum Gasteiger partial charge on any atom is 0.335 e. The molecule has 1 heterocycles. The molecule has 0 radical (unpaired) electrons. The summed E-state index contributed by atoms with van der Waals surface area (Å²) in [4.78, 5) is 11.0. The second-order valence-corrected chi connectivity index (χ2v) is 6.36. The normalized spacial score (nSPS) is 23.1. The van der Waals surface area contributed by atoms with Crippen LogP contribution >= 0.6 is 11.8 Å². The van der Waals surface area contributed by atoms with Crippen molar-refractivity contribution in [2.45, 2.75) is 37.0 Å². The third-order valence-corrected chi connectivity index (χ3v) is 5.09. The van der Waals surface area contributed by atoms with E-state index in [9.17, 15) is 4.79 Å². The molecular weight excluding hydrogens is 274 g/mol. The minimum Gasteiger partial charge on any atom is -0.478 e. The lowest BCUT2D eigenvalue weighted by Gasteiger charge is -2.28. The van der Waals surface area contributed by atoms with Crippen LogP contribution in [0.5, 0.6) is 0 Å². The molecular formula is C14H17N3O2S. The zero-order valence-corrected chi connectivity index (χ0v) is 12.1. The van der Waals surface area contributed by atoms with Crippen LogP contribution in [-0.4, -0.2) is 37.6 Å². The van der Waals surface area contributed by atoms with Crippen molar-refractivity contribution in [2.75, 3.05) is 6.26 Å². The number of benzene rings is 1. The Morgan fingerprint density at radius 1 is 1.45 bits per heavy atom. The second kappa shape index (κ2) is 5.44. The Morgan fingerprint density at radius 3 is 3.05 bits per heavy atom. The minimum atomic E-state index is -0.929. The molecule has 2 unspecified atom stereocenters. The van der Waals surface area contributed by atoms with Gasteiger partial charge in [-0.25, -0.2) is 9.48 Å². The Labute approximate surface area is 121 Å². The average molecular weight is 291 g/mol. The predicted octanol–water partition coefficient (Wildman–Crippen LogP) is 2.98. The number of nitrogens with zero attached hydrogens (tertiary/aromatic N) is 3. The summed E-state index contributed by atoms with van der Waals surface area (Å²) in [5, 5.41) is 18.1. The molecule has 3 rings (SSSR count). The highest BCUT2D eigenvalue weighted by atomic mass is 32.2.